The smallest absolute Gasteiger partial charge is 0.323 e. The molecule has 2 rings (SSSR count). The lowest BCUT2D eigenvalue weighted by molar-refractivity contribution is 0.262. The van der Waals surface area contributed by atoms with Gasteiger partial charge in [0.1, 0.15) is 0 Å². The minimum absolute atomic E-state index is 0.225. The molecule has 2 aromatic carbocycles. The predicted octanol–water partition coefficient (Wildman–Crippen LogP) is 3.30. The average Bonchev–Trinajstić information content (AvgIpc) is 2.55. The molecule has 0 bridgehead atoms. The molecule has 2 aromatic rings. The van der Waals surface area contributed by atoms with E-state index < -0.39 is 0 Å². The van der Waals surface area contributed by atoms with Crippen molar-refractivity contribution in [1.82, 2.24) is 5.43 Å². The van der Waals surface area contributed by atoms with Crippen LogP contribution in [0.5, 0.6) is 0 Å². The second-order valence-corrected chi connectivity index (χ2v) is 5.80. The molecular weight excluding hydrogens is 372 g/mol. The minimum atomic E-state index is -0.325. The van der Waals surface area contributed by atoms with E-state index in [2.05, 4.69) is 37.1 Å². The molecule has 0 aliphatic rings. The number of halogens is 1. The lowest BCUT2D eigenvalue weighted by Crippen LogP contribution is -2.26. The van der Waals surface area contributed by atoms with E-state index in [4.69, 9.17) is 11.1 Å². The van der Waals surface area contributed by atoms with Gasteiger partial charge in [0.25, 0.3) is 0 Å². The highest BCUT2D eigenvalue weighted by Crippen LogP contribution is 2.15. The Labute approximate surface area is 148 Å². The van der Waals surface area contributed by atoms with Gasteiger partial charge in [0.15, 0.2) is 0 Å². The molecule has 0 saturated carbocycles. The molecule has 2 amide bonds. The van der Waals surface area contributed by atoms with E-state index in [1.54, 1.807) is 31.2 Å². The highest BCUT2D eigenvalue weighted by atomic mass is 79.9. The van der Waals surface area contributed by atoms with E-state index in [0.717, 1.165) is 10.0 Å². The van der Waals surface area contributed by atoms with Gasteiger partial charge in [0, 0.05) is 15.8 Å². The maximum Gasteiger partial charge on any atom is 0.323 e. The van der Waals surface area contributed by atoms with Gasteiger partial charge in [-0.2, -0.15) is 5.10 Å². The van der Waals surface area contributed by atoms with E-state index in [1.807, 2.05) is 24.3 Å². The van der Waals surface area contributed by atoms with Crippen molar-refractivity contribution in [2.24, 2.45) is 10.8 Å². The van der Waals surface area contributed by atoms with Gasteiger partial charge in [0.2, 0.25) is 5.96 Å². The van der Waals surface area contributed by atoms with Crippen LogP contribution in [0.4, 0.5) is 16.2 Å². The van der Waals surface area contributed by atoms with Crippen LogP contribution in [0.2, 0.25) is 0 Å². The summed E-state index contributed by atoms with van der Waals surface area (Å²) < 4.78 is 0.945. The van der Waals surface area contributed by atoms with Crippen LogP contribution in [0.3, 0.4) is 0 Å². The Balaban J connectivity index is 1.95. The topological polar surface area (TPSA) is 115 Å². The van der Waals surface area contributed by atoms with Gasteiger partial charge < -0.3 is 16.4 Å². The molecule has 0 atom stereocenters. The van der Waals surface area contributed by atoms with Gasteiger partial charge in [-0.3, -0.25) is 5.41 Å². The number of hydrogen-bond donors (Lipinski definition) is 5. The first-order valence-corrected chi connectivity index (χ1v) is 7.81. The Bertz CT molecular complexity index is 755. The van der Waals surface area contributed by atoms with Crippen LogP contribution in [0.1, 0.15) is 12.5 Å². The van der Waals surface area contributed by atoms with E-state index in [-0.39, 0.29) is 12.0 Å². The Morgan fingerprint density at radius 2 is 1.54 bits per heavy atom. The van der Waals surface area contributed by atoms with Crippen molar-refractivity contribution in [3.05, 3.63) is 58.6 Å². The van der Waals surface area contributed by atoms with Gasteiger partial charge in [-0.1, -0.05) is 28.1 Å². The number of amides is 2. The molecule has 0 aliphatic carbocycles. The van der Waals surface area contributed by atoms with Crippen LogP contribution in [-0.4, -0.2) is 17.7 Å². The SMILES string of the molecule is C/C(=N\NC(=N)N)c1ccc(NC(=O)Nc2ccc(Br)cc2)cc1. The maximum atomic E-state index is 12.0. The number of carbonyl (C=O) groups excluding carboxylic acids is 1. The van der Waals surface area contributed by atoms with Crippen LogP contribution in [-0.2, 0) is 0 Å². The lowest BCUT2D eigenvalue weighted by Gasteiger charge is -2.08. The highest BCUT2D eigenvalue weighted by molar-refractivity contribution is 9.10. The van der Waals surface area contributed by atoms with Gasteiger partial charge in [-0.15, -0.1) is 0 Å². The molecule has 0 aromatic heterocycles. The Hall–Kier alpha value is -2.87. The zero-order valence-electron chi connectivity index (χ0n) is 12.9. The number of rotatable bonds is 4. The van der Waals surface area contributed by atoms with E-state index in [1.165, 1.54) is 0 Å². The largest absolute Gasteiger partial charge is 0.369 e. The van der Waals surface area contributed by atoms with E-state index >= 15 is 0 Å². The van der Waals surface area contributed by atoms with Crippen molar-refractivity contribution in [3.63, 3.8) is 0 Å². The summed E-state index contributed by atoms with van der Waals surface area (Å²) in [7, 11) is 0. The molecule has 6 N–H and O–H groups in total. The third-order valence-corrected chi connectivity index (χ3v) is 3.54. The number of guanidine groups is 1. The first-order chi connectivity index (χ1) is 11.4. The number of carbonyl (C=O) groups is 1. The average molecular weight is 389 g/mol. The third kappa shape index (κ3) is 5.40. The van der Waals surface area contributed by atoms with Crippen LogP contribution in [0.15, 0.2) is 58.1 Å². The number of hydrazone groups is 1. The quantitative estimate of drug-likeness (QED) is 0.314. The van der Waals surface area contributed by atoms with Crippen molar-refractivity contribution >= 4 is 45.0 Å². The second-order valence-electron chi connectivity index (χ2n) is 4.89. The zero-order valence-corrected chi connectivity index (χ0v) is 14.5. The van der Waals surface area contributed by atoms with Crippen molar-refractivity contribution in [1.29, 1.82) is 5.41 Å². The van der Waals surface area contributed by atoms with E-state index in [0.29, 0.717) is 17.1 Å². The molecule has 0 radical (unpaired) electrons. The normalized spacial score (nSPS) is 10.8. The first kappa shape index (κ1) is 17.5. The molecule has 124 valence electrons. The molecule has 7 nitrogen and oxygen atoms in total. The third-order valence-electron chi connectivity index (χ3n) is 3.01. The molecule has 0 spiro atoms. The summed E-state index contributed by atoms with van der Waals surface area (Å²) in [6.07, 6.45) is 0. The minimum Gasteiger partial charge on any atom is -0.369 e. The maximum absolute atomic E-state index is 12.0. The standard InChI is InChI=1S/C16H17BrN6O/c1-10(22-23-15(18)19)11-2-6-13(7-3-11)20-16(24)21-14-8-4-12(17)5-9-14/h2-9H,1H3,(H4,18,19,23)(H2,20,21,24)/b22-10+. The Morgan fingerprint density at radius 3 is 2.04 bits per heavy atom. The molecule has 0 unspecified atom stereocenters. The summed E-state index contributed by atoms with van der Waals surface area (Å²) in [6, 6.07) is 14.1. The van der Waals surface area contributed by atoms with Crippen molar-refractivity contribution in [2.75, 3.05) is 10.6 Å². The second kappa shape index (κ2) is 8.11. The van der Waals surface area contributed by atoms with E-state index in [9.17, 15) is 4.79 Å². The van der Waals surface area contributed by atoms with Gasteiger partial charge in [-0.25, -0.2) is 10.2 Å². The number of nitrogens with two attached hydrogens (primary N) is 1. The van der Waals surface area contributed by atoms with Crippen molar-refractivity contribution < 1.29 is 4.79 Å². The number of urea groups is 1. The molecule has 24 heavy (non-hydrogen) atoms. The van der Waals surface area contributed by atoms with Crippen LogP contribution >= 0.6 is 15.9 Å². The number of nitrogens with zero attached hydrogens (tertiary/aromatic N) is 1. The van der Waals surface area contributed by atoms with Crippen LogP contribution in [0.25, 0.3) is 0 Å². The van der Waals surface area contributed by atoms with Crippen molar-refractivity contribution in [2.45, 2.75) is 6.92 Å². The molecular formula is C16H17BrN6O. The Kier molecular flexibility index (Phi) is 5.91. The zero-order chi connectivity index (χ0) is 17.5. The van der Waals surface area contributed by atoms with Gasteiger partial charge >= 0.3 is 6.03 Å². The predicted molar refractivity (Wildman–Crippen MR) is 100 cm³/mol. The monoisotopic (exact) mass is 388 g/mol. The number of anilines is 2. The van der Waals surface area contributed by atoms with Crippen LogP contribution < -0.4 is 21.8 Å². The summed E-state index contributed by atoms with van der Waals surface area (Å²) in [5, 5.41) is 16.5. The molecule has 0 fully saturated rings. The summed E-state index contributed by atoms with van der Waals surface area (Å²) in [6.45, 7) is 1.79. The van der Waals surface area contributed by atoms with Crippen molar-refractivity contribution in [3.8, 4) is 0 Å². The first-order valence-electron chi connectivity index (χ1n) is 7.02. The molecule has 0 aliphatic heterocycles. The number of nitrogens with one attached hydrogen (secondary N) is 4. The lowest BCUT2D eigenvalue weighted by atomic mass is 10.1. The number of hydrogen-bond acceptors (Lipinski definition) is 3. The molecule has 0 heterocycles. The summed E-state index contributed by atoms with van der Waals surface area (Å²) in [5.74, 6) is -0.225. The van der Waals surface area contributed by atoms with Crippen LogP contribution in [0, 0.1) is 5.41 Å². The molecule has 0 saturated heterocycles. The van der Waals surface area contributed by atoms with Gasteiger partial charge in [-0.05, 0) is 48.9 Å². The Morgan fingerprint density at radius 1 is 1.04 bits per heavy atom. The highest BCUT2D eigenvalue weighted by Gasteiger charge is 2.04. The fraction of sp³-hybridized carbons (Fsp3) is 0.0625. The summed E-state index contributed by atoms with van der Waals surface area (Å²) >= 11 is 3.34. The number of benzene rings is 2. The summed E-state index contributed by atoms with van der Waals surface area (Å²) in [5.41, 5.74) is 10.4. The molecule has 8 heteroatoms. The fourth-order valence-electron chi connectivity index (χ4n) is 1.83. The fourth-order valence-corrected chi connectivity index (χ4v) is 2.09. The summed E-state index contributed by atoms with van der Waals surface area (Å²) in [4.78, 5) is 12.0. The van der Waals surface area contributed by atoms with Gasteiger partial charge in [0.05, 0.1) is 5.71 Å².